The van der Waals surface area contributed by atoms with Gasteiger partial charge in [-0.15, -0.1) is 0 Å². The van der Waals surface area contributed by atoms with Gasteiger partial charge in [-0.1, -0.05) is 0 Å². The molecule has 18 N–H and O–H groups in total. The van der Waals surface area contributed by atoms with Crippen molar-refractivity contribution >= 4 is 47.3 Å². The lowest BCUT2D eigenvalue weighted by molar-refractivity contribution is -0.145. The van der Waals surface area contributed by atoms with E-state index in [0.717, 1.165) is 0 Å². The van der Waals surface area contributed by atoms with E-state index in [0.29, 0.717) is 51.5 Å². The van der Waals surface area contributed by atoms with Crippen molar-refractivity contribution in [2.45, 2.75) is 113 Å². The number of likely N-dealkylation sites (tertiary alicyclic amines) is 1. The number of carbonyl (C=O) groups is 8. The van der Waals surface area contributed by atoms with Crippen molar-refractivity contribution in [3.8, 4) is 0 Å². The summed E-state index contributed by atoms with van der Waals surface area (Å²) in [6.07, 6.45) is 3.49. The molecule has 326 valence electrons. The monoisotopic (exact) mass is 817 g/mol. The number of nitrogens with zero attached hydrogens (tertiary/aromatic N) is 1. The number of aliphatic carboxylic acids is 1. The zero-order valence-electron chi connectivity index (χ0n) is 32.3. The van der Waals surface area contributed by atoms with Crippen LogP contribution in [0.4, 0.5) is 0 Å². The molecular formula is C34H63N11O12. The van der Waals surface area contributed by atoms with E-state index in [4.69, 9.17) is 22.9 Å². The smallest absolute Gasteiger partial charge is 0.326 e. The van der Waals surface area contributed by atoms with Crippen molar-refractivity contribution < 1.29 is 58.8 Å². The maximum atomic E-state index is 13.9. The van der Waals surface area contributed by atoms with Crippen LogP contribution in [0.1, 0.15) is 70.6 Å². The van der Waals surface area contributed by atoms with Gasteiger partial charge >= 0.3 is 5.97 Å². The molecule has 23 heteroatoms. The Labute approximate surface area is 331 Å². The summed E-state index contributed by atoms with van der Waals surface area (Å²) < 4.78 is 0. The summed E-state index contributed by atoms with van der Waals surface area (Å²) in [6.45, 7) is -2.21. The van der Waals surface area contributed by atoms with Crippen LogP contribution in [-0.2, 0) is 38.4 Å². The topological polar surface area (TPSA) is 397 Å². The molecule has 1 aliphatic rings. The average Bonchev–Trinajstić information content (AvgIpc) is 3.69. The van der Waals surface area contributed by atoms with Crippen molar-refractivity contribution in [1.29, 1.82) is 0 Å². The van der Waals surface area contributed by atoms with Gasteiger partial charge < -0.3 is 80.2 Å². The molecule has 0 aromatic carbocycles. The number of rotatable bonds is 29. The first kappa shape index (κ1) is 50.5. The van der Waals surface area contributed by atoms with Gasteiger partial charge in [0.2, 0.25) is 41.4 Å². The van der Waals surface area contributed by atoms with Gasteiger partial charge in [0, 0.05) is 6.54 Å². The molecule has 1 saturated heterocycles. The van der Waals surface area contributed by atoms with Gasteiger partial charge in [0.25, 0.3) is 0 Å². The van der Waals surface area contributed by atoms with E-state index in [1.807, 2.05) is 0 Å². The molecule has 0 saturated carbocycles. The third-order valence-corrected chi connectivity index (χ3v) is 9.19. The molecule has 7 atom stereocenters. The maximum Gasteiger partial charge on any atom is 0.326 e. The number of carbonyl (C=O) groups excluding carboxylic acids is 7. The molecule has 0 aromatic heterocycles. The van der Waals surface area contributed by atoms with E-state index < -0.39 is 116 Å². The molecule has 0 radical (unpaired) electrons. The molecule has 1 aliphatic heterocycles. The summed E-state index contributed by atoms with van der Waals surface area (Å²) in [5.74, 6) is -7.28. The second kappa shape index (κ2) is 28.0. The molecule has 7 amide bonds. The van der Waals surface area contributed by atoms with Crippen LogP contribution in [0.5, 0.6) is 0 Å². The third kappa shape index (κ3) is 17.7. The Kier molecular flexibility index (Phi) is 24.8. The zero-order chi connectivity index (χ0) is 42.9. The van der Waals surface area contributed by atoms with Crippen LogP contribution in [0.15, 0.2) is 0 Å². The zero-order valence-corrected chi connectivity index (χ0v) is 32.3. The number of unbranched alkanes of at least 4 members (excludes halogenated alkanes) is 3. The minimum Gasteiger partial charge on any atom is -0.480 e. The van der Waals surface area contributed by atoms with Crippen molar-refractivity contribution in [1.82, 2.24) is 36.8 Å². The van der Waals surface area contributed by atoms with Crippen LogP contribution in [0, 0.1) is 0 Å². The second-order valence-electron chi connectivity index (χ2n) is 13.6. The van der Waals surface area contributed by atoms with Crippen LogP contribution >= 0.6 is 0 Å². The van der Waals surface area contributed by atoms with Crippen molar-refractivity contribution in [2.24, 2.45) is 22.9 Å². The van der Waals surface area contributed by atoms with Crippen LogP contribution in [-0.4, -0.2) is 167 Å². The highest BCUT2D eigenvalue weighted by atomic mass is 16.4. The molecule has 0 aliphatic carbocycles. The number of amides is 7. The van der Waals surface area contributed by atoms with E-state index in [1.165, 1.54) is 4.90 Å². The van der Waals surface area contributed by atoms with Gasteiger partial charge in [0.1, 0.15) is 42.3 Å². The Morgan fingerprint density at radius 2 is 0.947 bits per heavy atom. The number of nitrogens with one attached hydrogen (secondary N) is 6. The number of carboxylic acid groups (broad SMARTS) is 1. The summed E-state index contributed by atoms with van der Waals surface area (Å²) in [7, 11) is 0. The highest BCUT2D eigenvalue weighted by Crippen LogP contribution is 2.21. The minimum absolute atomic E-state index is 0.0270. The number of nitrogens with two attached hydrogens (primary N) is 4. The average molecular weight is 818 g/mol. The number of aliphatic hydroxyl groups excluding tert-OH is 3. The summed E-state index contributed by atoms with van der Waals surface area (Å²) in [5, 5.41) is 53.2. The highest BCUT2D eigenvalue weighted by Gasteiger charge is 2.39. The van der Waals surface area contributed by atoms with E-state index in [2.05, 4.69) is 31.9 Å². The van der Waals surface area contributed by atoms with Gasteiger partial charge in [0.15, 0.2) is 0 Å². The van der Waals surface area contributed by atoms with Crippen LogP contribution in [0.2, 0.25) is 0 Å². The molecule has 0 spiro atoms. The first-order valence-corrected chi connectivity index (χ1v) is 19.2. The first-order chi connectivity index (χ1) is 27.2. The standard InChI is InChI=1S/C34H63N11O12/c35-12-4-1-8-20(40-30(52)24(18-47)44-29(51)23(17-46)39-27(49)16-38)28(50)43-25(19-48)31(53)41-21(9-2-5-13-36)33(55)45-15-7-11-26(45)32(54)42-22(34(56)57)10-3-6-14-37/h20-26,46-48H,1-19,35-38H2,(H,39,49)(H,40,52)(H,41,53)(H,42,54)(H,43,50)(H,44,51)(H,56,57). The summed E-state index contributed by atoms with van der Waals surface area (Å²) in [5.41, 5.74) is 21.9. The fraction of sp³-hybridized carbons (Fsp3) is 0.765. The van der Waals surface area contributed by atoms with Crippen LogP contribution < -0.4 is 54.8 Å². The number of carboxylic acids is 1. The van der Waals surface area contributed by atoms with E-state index in [-0.39, 0.29) is 45.3 Å². The van der Waals surface area contributed by atoms with Crippen molar-refractivity contribution in [2.75, 3.05) is 52.5 Å². The summed E-state index contributed by atoms with van der Waals surface area (Å²) >= 11 is 0. The predicted octanol–water partition coefficient (Wildman–Crippen LogP) is -6.71. The van der Waals surface area contributed by atoms with Crippen molar-refractivity contribution in [3.63, 3.8) is 0 Å². The van der Waals surface area contributed by atoms with E-state index >= 15 is 0 Å². The fourth-order valence-electron chi connectivity index (χ4n) is 5.96. The van der Waals surface area contributed by atoms with Crippen LogP contribution in [0.3, 0.4) is 0 Å². The number of aliphatic hydroxyl groups is 3. The summed E-state index contributed by atoms with van der Waals surface area (Å²) in [6, 6.07) is -9.60. The maximum absolute atomic E-state index is 13.9. The summed E-state index contributed by atoms with van der Waals surface area (Å²) in [4.78, 5) is 105. The first-order valence-electron chi connectivity index (χ1n) is 19.2. The Hall–Kier alpha value is -4.52. The van der Waals surface area contributed by atoms with Gasteiger partial charge in [0.05, 0.1) is 26.4 Å². The SMILES string of the molecule is NCCCCC(NC(=O)C1CCCN1C(=O)C(CCCCN)NC(=O)C(CO)NC(=O)C(CCCCN)NC(=O)C(CO)NC(=O)C(CO)NC(=O)CN)C(=O)O. The molecule has 1 rings (SSSR count). The lowest BCUT2D eigenvalue weighted by Crippen LogP contribution is -2.61. The molecule has 23 nitrogen and oxygen atoms in total. The third-order valence-electron chi connectivity index (χ3n) is 9.19. The van der Waals surface area contributed by atoms with Gasteiger partial charge in [-0.3, -0.25) is 33.6 Å². The molecule has 1 heterocycles. The Bertz CT molecular complexity index is 1330. The predicted molar refractivity (Wildman–Crippen MR) is 203 cm³/mol. The Morgan fingerprint density at radius 3 is 1.39 bits per heavy atom. The Morgan fingerprint density at radius 1 is 0.544 bits per heavy atom. The molecule has 57 heavy (non-hydrogen) atoms. The van der Waals surface area contributed by atoms with Gasteiger partial charge in [-0.05, 0) is 90.3 Å². The largest absolute Gasteiger partial charge is 0.480 e. The number of hydrogen-bond acceptors (Lipinski definition) is 15. The second-order valence-corrected chi connectivity index (χ2v) is 13.6. The Balaban J connectivity index is 3.16. The molecular weight excluding hydrogens is 754 g/mol. The minimum atomic E-state index is -1.65. The molecule has 7 unspecified atom stereocenters. The molecule has 0 bridgehead atoms. The number of hydrogen-bond donors (Lipinski definition) is 14. The van der Waals surface area contributed by atoms with Gasteiger partial charge in [-0.2, -0.15) is 0 Å². The van der Waals surface area contributed by atoms with Crippen LogP contribution in [0.25, 0.3) is 0 Å². The lowest BCUT2D eigenvalue weighted by atomic mass is 10.1. The normalized spacial score (nSPS) is 16.9. The lowest BCUT2D eigenvalue weighted by Gasteiger charge is -2.30. The molecule has 0 aromatic rings. The van der Waals surface area contributed by atoms with E-state index in [1.54, 1.807) is 0 Å². The van der Waals surface area contributed by atoms with E-state index in [9.17, 15) is 58.8 Å². The van der Waals surface area contributed by atoms with Crippen molar-refractivity contribution in [3.05, 3.63) is 0 Å². The quantitative estimate of drug-likeness (QED) is 0.0312. The fourth-order valence-corrected chi connectivity index (χ4v) is 5.96. The molecule has 1 fully saturated rings. The van der Waals surface area contributed by atoms with Gasteiger partial charge in [-0.25, -0.2) is 4.79 Å². The highest BCUT2D eigenvalue weighted by molar-refractivity contribution is 5.97.